The maximum atomic E-state index is 11.5. The molecule has 0 fully saturated rings. The van der Waals surface area contributed by atoms with Crippen LogP contribution in [0.25, 0.3) is 0 Å². The second-order valence-corrected chi connectivity index (χ2v) is 3.80. The molecule has 0 aliphatic carbocycles. The third kappa shape index (κ3) is 2.99. The molecule has 2 amide bonds. The Hall–Kier alpha value is -1.98. The van der Waals surface area contributed by atoms with Crippen molar-refractivity contribution < 1.29 is 19.1 Å². The van der Waals surface area contributed by atoms with Gasteiger partial charge in [0.05, 0.1) is 31.0 Å². The number of hydrogen-bond acceptors (Lipinski definition) is 4. The van der Waals surface area contributed by atoms with Crippen molar-refractivity contribution in [3.63, 3.8) is 0 Å². The highest BCUT2D eigenvalue weighted by Crippen LogP contribution is 2.08. The number of carbonyl (C=O) groups is 2. The van der Waals surface area contributed by atoms with E-state index in [-0.39, 0.29) is 30.3 Å². The lowest BCUT2D eigenvalue weighted by molar-refractivity contribution is -0.125. The Morgan fingerprint density at radius 3 is 1.82 bits per heavy atom. The molecule has 2 rings (SSSR count). The molecule has 0 bridgehead atoms. The lowest BCUT2D eigenvalue weighted by Crippen LogP contribution is -2.42. The summed E-state index contributed by atoms with van der Waals surface area (Å²) in [5.74, 6) is -0.835. The van der Waals surface area contributed by atoms with Crippen molar-refractivity contribution in [2.24, 2.45) is 11.8 Å². The van der Waals surface area contributed by atoms with Crippen LogP contribution in [0.3, 0.4) is 0 Å². The van der Waals surface area contributed by atoms with Gasteiger partial charge in [0.15, 0.2) is 0 Å². The Kier molecular flexibility index (Phi) is 3.64. The largest absolute Gasteiger partial charge is 0.500 e. The molecule has 0 saturated heterocycles. The van der Waals surface area contributed by atoms with Crippen LogP contribution in [0.1, 0.15) is 0 Å². The predicted octanol–water partition coefficient (Wildman–Crippen LogP) is -0.504. The van der Waals surface area contributed by atoms with Crippen molar-refractivity contribution in [2.75, 3.05) is 19.9 Å². The third-order valence-electron chi connectivity index (χ3n) is 2.56. The maximum absolute atomic E-state index is 11.5. The molecule has 2 atom stereocenters. The van der Waals surface area contributed by atoms with Gasteiger partial charge in [-0.25, -0.2) is 0 Å². The van der Waals surface area contributed by atoms with E-state index in [1.807, 2.05) is 0 Å². The van der Waals surface area contributed by atoms with Gasteiger partial charge in [0.25, 0.3) is 0 Å². The molecule has 2 aliphatic heterocycles. The second-order valence-electron chi connectivity index (χ2n) is 3.80. The van der Waals surface area contributed by atoms with Gasteiger partial charge in [0.1, 0.15) is 13.2 Å². The fourth-order valence-electron chi connectivity index (χ4n) is 1.54. The van der Waals surface area contributed by atoms with Crippen LogP contribution in [0, 0.1) is 11.8 Å². The standard InChI is InChI=1S/C11H14N2O4/c14-10(8-1-3-16-5-8)12-7-13-11(15)9-2-4-17-6-9/h1-4,8-9H,5-7H2,(H,12,14)(H,13,15). The summed E-state index contributed by atoms with van der Waals surface area (Å²) >= 11 is 0. The Balaban J connectivity index is 1.65. The number of carbonyl (C=O) groups excluding carboxylic acids is 2. The van der Waals surface area contributed by atoms with E-state index in [0.717, 1.165) is 0 Å². The fourth-order valence-corrected chi connectivity index (χ4v) is 1.54. The van der Waals surface area contributed by atoms with Gasteiger partial charge in [-0.3, -0.25) is 9.59 Å². The van der Waals surface area contributed by atoms with E-state index in [0.29, 0.717) is 13.2 Å². The highest BCUT2D eigenvalue weighted by atomic mass is 16.5. The van der Waals surface area contributed by atoms with E-state index in [4.69, 9.17) is 9.47 Å². The molecule has 0 spiro atoms. The van der Waals surface area contributed by atoms with Gasteiger partial charge in [-0.2, -0.15) is 0 Å². The van der Waals surface area contributed by atoms with E-state index >= 15 is 0 Å². The topological polar surface area (TPSA) is 76.7 Å². The highest BCUT2D eigenvalue weighted by molar-refractivity contribution is 5.83. The van der Waals surface area contributed by atoms with Crippen molar-refractivity contribution in [2.45, 2.75) is 0 Å². The SMILES string of the molecule is O=C(NCNC(=O)C1C=COC1)C1C=COC1. The number of rotatable bonds is 4. The number of nitrogens with one attached hydrogen (secondary N) is 2. The van der Waals surface area contributed by atoms with Crippen molar-refractivity contribution in [3.05, 3.63) is 24.7 Å². The summed E-state index contributed by atoms with van der Waals surface area (Å²) in [5, 5.41) is 5.22. The lowest BCUT2D eigenvalue weighted by Gasteiger charge is -2.11. The molecule has 2 N–H and O–H groups in total. The molecule has 0 radical (unpaired) electrons. The van der Waals surface area contributed by atoms with Crippen molar-refractivity contribution in [1.82, 2.24) is 10.6 Å². The molecular weight excluding hydrogens is 224 g/mol. The minimum absolute atomic E-state index is 0.117. The third-order valence-corrected chi connectivity index (χ3v) is 2.56. The van der Waals surface area contributed by atoms with Gasteiger partial charge < -0.3 is 20.1 Å². The molecule has 2 heterocycles. The van der Waals surface area contributed by atoms with Crippen LogP contribution in [0.2, 0.25) is 0 Å². The molecule has 2 unspecified atom stereocenters. The van der Waals surface area contributed by atoms with Crippen LogP contribution in [0.4, 0.5) is 0 Å². The first-order chi connectivity index (χ1) is 8.27. The van der Waals surface area contributed by atoms with Gasteiger partial charge in [-0.1, -0.05) is 0 Å². The summed E-state index contributed by atoms with van der Waals surface area (Å²) in [6, 6.07) is 0. The van der Waals surface area contributed by atoms with Crippen LogP contribution >= 0.6 is 0 Å². The Labute approximate surface area is 98.6 Å². The second kappa shape index (κ2) is 5.38. The lowest BCUT2D eigenvalue weighted by atomic mass is 10.1. The molecule has 0 aromatic heterocycles. The minimum atomic E-state index is -0.262. The zero-order valence-electron chi connectivity index (χ0n) is 9.22. The number of hydrogen-bond donors (Lipinski definition) is 2. The summed E-state index contributed by atoms with van der Waals surface area (Å²) in [6.45, 7) is 0.838. The molecule has 0 aromatic carbocycles. The summed E-state index contributed by atoms with van der Waals surface area (Å²) in [5.41, 5.74) is 0. The van der Waals surface area contributed by atoms with Gasteiger partial charge in [-0.15, -0.1) is 0 Å². The first-order valence-electron chi connectivity index (χ1n) is 5.39. The first-order valence-corrected chi connectivity index (χ1v) is 5.39. The monoisotopic (exact) mass is 238 g/mol. The Bertz CT molecular complexity index is 330. The minimum Gasteiger partial charge on any atom is -0.500 e. The van der Waals surface area contributed by atoms with Crippen molar-refractivity contribution in [3.8, 4) is 0 Å². The molecule has 0 saturated carbocycles. The summed E-state index contributed by atoms with van der Waals surface area (Å²) in [4.78, 5) is 23.0. The van der Waals surface area contributed by atoms with Crippen LogP contribution in [0.15, 0.2) is 24.7 Å². The van der Waals surface area contributed by atoms with Crippen LogP contribution in [-0.2, 0) is 19.1 Å². The van der Waals surface area contributed by atoms with Gasteiger partial charge >= 0.3 is 0 Å². The average Bonchev–Trinajstić information content (AvgIpc) is 3.02. The molecule has 2 aliphatic rings. The highest BCUT2D eigenvalue weighted by Gasteiger charge is 2.21. The van der Waals surface area contributed by atoms with Crippen LogP contribution in [0.5, 0.6) is 0 Å². The molecule has 6 heteroatoms. The fraction of sp³-hybridized carbons (Fsp3) is 0.455. The molecule has 92 valence electrons. The van der Waals surface area contributed by atoms with E-state index in [9.17, 15) is 9.59 Å². The molecular formula is C11H14N2O4. The summed E-state index contributed by atoms with van der Waals surface area (Å²) < 4.78 is 9.87. The maximum Gasteiger partial charge on any atom is 0.231 e. The number of amides is 2. The molecule has 0 aromatic rings. The Morgan fingerprint density at radius 1 is 1.00 bits per heavy atom. The zero-order chi connectivity index (χ0) is 12.1. The average molecular weight is 238 g/mol. The van der Waals surface area contributed by atoms with Crippen molar-refractivity contribution in [1.29, 1.82) is 0 Å². The van der Waals surface area contributed by atoms with Crippen LogP contribution < -0.4 is 10.6 Å². The van der Waals surface area contributed by atoms with E-state index in [2.05, 4.69) is 10.6 Å². The van der Waals surface area contributed by atoms with Crippen molar-refractivity contribution >= 4 is 11.8 Å². The smallest absolute Gasteiger partial charge is 0.231 e. The van der Waals surface area contributed by atoms with Gasteiger partial charge in [-0.05, 0) is 12.2 Å². The zero-order valence-corrected chi connectivity index (χ0v) is 9.22. The quantitative estimate of drug-likeness (QED) is 0.647. The molecule has 17 heavy (non-hydrogen) atoms. The summed E-state index contributed by atoms with van der Waals surface area (Å²) in [7, 11) is 0. The van der Waals surface area contributed by atoms with Gasteiger partial charge in [0, 0.05) is 0 Å². The normalized spacial score (nSPS) is 25.2. The first kappa shape index (κ1) is 11.5. The van der Waals surface area contributed by atoms with Crippen LogP contribution in [-0.4, -0.2) is 31.7 Å². The summed E-state index contributed by atoms with van der Waals surface area (Å²) in [6.07, 6.45) is 6.38. The van der Waals surface area contributed by atoms with E-state index in [1.54, 1.807) is 12.2 Å². The Morgan fingerprint density at radius 2 is 1.47 bits per heavy atom. The van der Waals surface area contributed by atoms with Gasteiger partial charge in [0.2, 0.25) is 11.8 Å². The molecule has 6 nitrogen and oxygen atoms in total. The van der Waals surface area contributed by atoms with E-state index in [1.165, 1.54) is 12.5 Å². The number of ether oxygens (including phenoxy) is 2. The van der Waals surface area contributed by atoms with E-state index < -0.39 is 0 Å². The predicted molar refractivity (Wildman–Crippen MR) is 58.3 cm³/mol.